The first-order chi connectivity index (χ1) is 11.9. The lowest BCUT2D eigenvalue weighted by molar-refractivity contribution is 0.582. The van der Waals surface area contributed by atoms with E-state index in [-0.39, 0.29) is 21.2 Å². The van der Waals surface area contributed by atoms with E-state index in [2.05, 4.69) is 15.4 Å². The summed E-state index contributed by atoms with van der Waals surface area (Å²) < 4.78 is 42.6. The second-order valence-electron chi connectivity index (χ2n) is 5.34. The highest BCUT2D eigenvalue weighted by Gasteiger charge is 2.28. The molecule has 0 spiro atoms. The van der Waals surface area contributed by atoms with Gasteiger partial charge in [0.25, 0.3) is 10.0 Å². The minimum Gasteiger partial charge on any atom is -0.316 e. The largest absolute Gasteiger partial charge is 0.316 e. The van der Waals surface area contributed by atoms with Crippen LogP contribution in [-0.4, -0.2) is 34.2 Å². The lowest BCUT2D eigenvalue weighted by atomic mass is 10.2. The van der Waals surface area contributed by atoms with Gasteiger partial charge in [0, 0.05) is 37.7 Å². The lowest BCUT2D eigenvalue weighted by Crippen LogP contribution is -2.13. The summed E-state index contributed by atoms with van der Waals surface area (Å²) in [4.78, 5) is 3.56. The molecular weight excluding hydrogens is 369 g/mol. The van der Waals surface area contributed by atoms with Crippen LogP contribution in [0.2, 0.25) is 5.02 Å². The number of hydrogen-bond donors (Lipinski definition) is 1. The molecule has 0 aliphatic carbocycles. The first kappa shape index (κ1) is 17.6. The summed E-state index contributed by atoms with van der Waals surface area (Å²) in [6.45, 7) is 0.323. The molecule has 3 heterocycles. The molecule has 132 valence electrons. The van der Waals surface area contributed by atoms with Gasteiger partial charge in [-0.15, -0.1) is 0 Å². The predicted octanol–water partition coefficient (Wildman–Crippen LogP) is 2.03. The van der Waals surface area contributed by atoms with Crippen molar-refractivity contribution in [1.29, 1.82) is 0 Å². The van der Waals surface area contributed by atoms with Gasteiger partial charge in [0.2, 0.25) is 5.95 Å². The second kappa shape index (κ2) is 6.58. The Balaban J connectivity index is 2.30. The van der Waals surface area contributed by atoms with E-state index in [1.54, 1.807) is 14.1 Å². The normalized spacial score (nSPS) is 11.8. The van der Waals surface area contributed by atoms with E-state index in [9.17, 15) is 12.8 Å². The van der Waals surface area contributed by atoms with Gasteiger partial charge >= 0.3 is 0 Å². The van der Waals surface area contributed by atoms with Gasteiger partial charge in [0.1, 0.15) is 4.90 Å². The molecule has 3 rings (SSSR count). The zero-order chi connectivity index (χ0) is 18.2. The lowest BCUT2D eigenvalue weighted by Gasteiger charge is -2.10. The molecule has 0 aliphatic rings. The summed E-state index contributed by atoms with van der Waals surface area (Å²) in [5.41, 5.74) is 0.554. The molecule has 0 amide bonds. The monoisotopic (exact) mass is 383 g/mol. The van der Waals surface area contributed by atoms with Crippen molar-refractivity contribution in [3.63, 3.8) is 0 Å². The summed E-state index contributed by atoms with van der Waals surface area (Å²) in [6.07, 6.45) is 5.25. The van der Waals surface area contributed by atoms with E-state index < -0.39 is 16.0 Å². The van der Waals surface area contributed by atoms with Crippen molar-refractivity contribution in [2.45, 2.75) is 11.4 Å². The van der Waals surface area contributed by atoms with Crippen LogP contribution >= 0.6 is 11.6 Å². The van der Waals surface area contributed by atoms with Crippen LogP contribution in [0.4, 0.5) is 4.39 Å². The van der Waals surface area contributed by atoms with Gasteiger partial charge in [-0.3, -0.25) is 4.68 Å². The zero-order valence-corrected chi connectivity index (χ0v) is 15.0. The Morgan fingerprint density at radius 1 is 1.36 bits per heavy atom. The van der Waals surface area contributed by atoms with E-state index in [1.807, 2.05) is 0 Å². The highest BCUT2D eigenvalue weighted by atomic mass is 35.5. The van der Waals surface area contributed by atoms with E-state index in [1.165, 1.54) is 41.6 Å². The van der Waals surface area contributed by atoms with Crippen LogP contribution < -0.4 is 5.32 Å². The first-order valence-corrected chi connectivity index (χ1v) is 9.07. The maximum Gasteiger partial charge on any atom is 0.271 e. The molecule has 0 saturated heterocycles. The summed E-state index contributed by atoms with van der Waals surface area (Å²) in [7, 11) is -0.698. The molecular formula is C15H15ClFN5O2S. The van der Waals surface area contributed by atoms with Crippen LogP contribution in [0.25, 0.3) is 11.3 Å². The van der Waals surface area contributed by atoms with Gasteiger partial charge in [-0.05, 0) is 19.2 Å². The standard InChI is InChI=1S/C15H15ClFN5O2S/c1-18-6-10-8-22(25(23,24)11-7-20-21(2)9-11)14(13(10)16)12-4-3-5-19-15(12)17/h3-5,7-9,18H,6H2,1-2H3. The van der Waals surface area contributed by atoms with Crippen molar-refractivity contribution in [3.05, 3.63) is 53.5 Å². The first-order valence-electron chi connectivity index (χ1n) is 7.25. The summed E-state index contributed by atoms with van der Waals surface area (Å²) >= 11 is 6.37. The number of halogens is 2. The molecule has 25 heavy (non-hydrogen) atoms. The molecule has 0 fully saturated rings. The molecule has 7 nitrogen and oxygen atoms in total. The van der Waals surface area contributed by atoms with Crippen LogP contribution in [-0.2, 0) is 23.6 Å². The van der Waals surface area contributed by atoms with Gasteiger partial charge in [-0.1, -0.05) is 11.6 Å². The average molecular weight is 384 g/mol. The van der Waals surface area contributed by atoms with Crippen molar-refractivity contribution < 1.29 is 12.8 Å². The fraction of sp³-hybridized carbons (Fsp3) is 0.200. The SMILES string of the molecule is CNCc1cn(S(=O)(=O)c2cnn(C)c2)c(-c2cccnc2F)c1Cl. The molecule has 0 saturated carbocycles. The van der Waals surface area contributed by atoms with Crippen molar-refractivity contribution in [1.82, 2.24) is 24.1 Å². The predicted molar refractivity (Wildman–Crippen MR) is 91.2 cm³/mol. The van der Waals surface area contributed by atoms with Gasteiger partial charge in [-0.25, -0.2) is 17.4 Å². The Morgan fingerprint density at radius 3 is 2.72 bits per heavy atom. The minimum atomic E-state index is -4.01. The van der Waals surface area contributed by atoms with Gasteiger partial charge in [-0.2, -0.15) is 9.49 Å². The Kier molecular flexibility index (Phi) is 4.63. The topological polar surface area (TPSA) is 81.8 Å². The van der Waals surface area contributed by atoms with Crippen molar-refractivity contribution in [2.75, 3.05) is 7.05 Å². The maximum absolute atomic E-state index is 14.2. The van der Waals surface area contributed by atoms with E-state index in [4.69, 9.17) is 11.6 Å². The van der Waals surface area contributed by atoms with Crippen LogP contribution in [0.15, 0.2) is 41.8 Å². The quantitative estimate of drug-likeness (QED) is 0.682. The molecule has 3 aromatic rings. The molecule has 0 radical (unpaired) electrons. The minimum absolute atomic E-state index is 0.00215. The number of nitrogens with zero attached hydrogens (tertiary/aromatic N) is 4. The highest BCUT2D eigenvalue weighted by molar-refractivity contribution is 7.90. The number of nitrogens with one attached hydrogen (secondary N) is 1. The van der Waals surface area contributed by atoms with Gasteiger partial charge < -0.3 is 5.32 Å². The number of rotatable bonds is 5. The summed E-state index contributed by atoms with van der Waals surface area (Å²) in [5.74, 6) is -0.804. The molecule has 3 aromatic heterocycles. The molecule has 10 heteroatoms. The average Bonchev–Trinajstić information content (AvgIpc) is 3.14. The second-order valence-corrected chi connectivity index (χ2v) is 7.53. The Labute approximate surface area is 149 Å². The third-order valence-electron chi connectivity index (χ3n) is 3.60. The highest BCUT2D eigenvalue weighted by Crippen LogP contribution is 2.36. The van der Waals surface area contributed by atoms with E-state index in [0.717, 1.165) is 3.97 Å². The van der Waals surface area contributed by atoms with Gasteiger partial charge in [0.15, 0.2) is 0 Å². The van der Waals surface area contributed by atoms with E-state index >= 15 is 0 Å². The maximum atomic E-state index is 14.2. The Hall–Kier alpha value is -2.23. The summed E-state index contributed by atoms with van der Waals surface area (Å²) in [5, 5.41) is 6.94. The molecule has 0 bridgehead atoms. The Bertz CT molecular complexity index is 1030. The van der Waals surface area contributed by atoms with Crippen LogP contribution in [0.1, 0.15) is 5.56 Å². The van der Waals surface area contributed by atoms with Crippen molar-refractivity contribution in [2.24, 2.45) is 7.05 Å². The van der Waals surface area contributed by atoms with Crippen LogP contribution in [0.5, 0.6) is 0 Å². The number of hydrogen-bond acceptors (Lipinski definition) is 5. The van der Waals surface area contributed by atoms with Gasteiger partial charge in [0.05, 0.1) is 22.5 Å². The van der Waals surface area contributed by atoms with Crippen LogP contribution in [0.3, 0.4) is 0 Å². The van der Waals surface area contributed by atoms with E-state index in [0.29, 0.717) is 12.1 Å². The molecule has 0 aromatic carbocycles. The van der Waals surface area contributed by atoms with Crippen molar-refractivity contribution >= 4 is 21.6 Å². The fourth-order valence-corrected chi connectivity index (χ4v) is 4.21. The fourth-order valence-electron chi connectivity index (χ4n) is 2.46. The summed E-state index contributed by atoms with van der Waals surface area (Å²) in [6, 6.07) is 2.95. The van der Waals surface area contributed by atoms with Crippen LogP contribution in [0, 0.1) is 5.95 Å². The molecule has 1 N–H and O–H groups in total. The molecule has 0 unspecified atom stereocenters. The third-order valence-corrected chi connectivity index (χ3v) is 5.64. The van der Waals surface area contributed by atoms with Crippen molar-refractivity contribution in [3.8, 4) is 11.3 Å². The zero-order valence-electron chi connectivity index (χ0n) is 13.4. The molecule has 0 aliphatic heterocycles. The smallest absolute Gasteiger partial charge is 0.271 e. The Morgan fingerprint density at radius 2 is 2.12 bits per heavy atom. The number of aryl methyl sites for hydroxylation is 1. The molecule has 0 atom stereocenters. The third kappa shape index (κ3) is 3.06. The number of aromatic nitrogens is 4. The number of pyridine rings is 1.